The van der Waals surface area contributed by atoms with Crippen molar-refractivity contribution in [1.29, 1.82) is 0 Å². The van der Waals surface area contributed by atoms with Crippen molar-refractivity contribution in [1.82, 2.24) is 14.8 Å². The van der Waals surface area contributed by atoms with Gasteiger partial charge in [-0.2, -0.15) is 0 Å². The minimum atomic E-state index is -0.829. The van der Waals surface area contributed by atoms with E-state index in [-0.39, 0.29) is 11.9 Å². The number of rotatable bonds is 4. The van der Waals surface area contributed by atoms with E-state index in [1.807, 2.05) is 18.3 Å². The fourth-order valence-electron chi connectivity index (χ4n) is 5.42. The molecule has 3 aromatic rings. The van der Waals surface area contributed by atoms with Crippen LogP contribution in [-0.4, -0.2) is 52.2 Å². The Labute approximate surface area is 181 Å². The van der Waals surface area contributed by atoms with Gasteiger partial charge in [0, 0.05) is 30.2 Å². The summed E-state index contributed by atoms with van der Waals surface area (Å²) in [5.74, 6) is 0.235. The van der Waals surface area contributed by atoms with E-state index in [1.165, 1.54) is 17.2 Å². The molecule has 1 unspecified atom stereocenters. The molecule has 2 N–H and O–H groups in total. The van der Waals surface area contributed by atoms with E-state index in [1.54, 1.807) is 17.0 Å². The Morgan fingerprint density at radius 1 is 1.10 bits per heavy atom. The number of likely N-dealkylation sites (tertiary alicyclic amines) is 1. The van der Waals surface area contributed by atoms with Gasteiger partial charge < -0.3 is 19.9 Å². The maximum Gasteiger partial charge on any atom is 0.407 e. The first-order chi connectivity index (χ1) is 15.1. The molecule has 2 aromatic carbocycles. The number of aromatic nitrogens is 1. The number of hydrogen-bond donors (Lipinski definition) is 2. The summed E-state index contributed by atoms with van der Waals surface area (Å²) in [6, 6.07) is 13.1. The number of carboxylic acid groups (broad SMARTS) is 1. The Hall–Kier alpha value is -2.86. The zero-order valence-corrected chi connectivity index (χ0v) is 17.6. The summed E-state index contributed by atoms with van der Waals surface area (Å²) >= 11 is 0. The number of benzene rings is 2. The normalized spacial score (nSPS) is 20.2. The number of hydrogen-bond acceptors (Lipinski definition) is 2. The number of H-pyrrole nitrogens is 1. The van der Waals surface area contributed by atoms with Crippen LogP contribution in [0, 0.1) is 5.82 Å². The van der Waals surface area contributed by atoms with Crippen molar-refractivity contribution in [3.05, 3.63) is 71.2 Å². The van der Waals surface area contributed by atoms with E-state index >= 15 is 0 Å². The van der Waals surface area contributed by atoms with Crippen LogP contribution >= 0.6 is 0 Å². The number of nitrogens with zero attached hydrogens (tertiary/aromatic N) is 2. The molecule has 1 amide bonds. The molecule has 31 heavy (non-hydrogen) atoms. The van der Waals surface area contributed by atoms with Gasteiger partial charge in [-0.3, -0.25) is 0 Å². The predicted molar refractivity (Wildman–Crippen MR) is 119 cm³/mol. The molecular formula is C25H28FN3O2. The Morgan fingerprint density at radius 3 is 2.71 bits per heavy atom. The molecule has 6 heteroatoms. The zero-order chi connectivity index (χ0) is 21.4. The van der Waals surface area contributed by atoms with Gasteiger partial charge in [0.05, 0.1) is 6.04 Å². The molecule has 2 aliphatic heterocycles. The Morgan fingerprint density at radius 2 is 1.90 bits per heavy atom. The van der Waals surface area contributed by atoms with Gasteiger partial charge in [0.25, 0.3) is 0 Å². The maximum atomic E-state index is 13.7. The fourth-order valence-corrected chi connectivity index (χ4v) is 5.42. The summed E-state index contributed by atoms with van der Waals surface area (Å²) in [7, 11) is 0. The monoisotopic (exact) mass is 421 g/mol. The lowest BCUT2D eigenvalue weighted by atomic mass is 9.88. The topological polar surface area (TPSA) is 59.6 Å². The van der Waals surface area contributed by atoms with Gasteiger partial charge in [-0.05, 0) is 79.6 Å². The van der Waals surface area contributed by atoms with E-state index in [0.717, 1.165) is 61.8 Å². The van der Waals surface area contributed by atoms with Crippen LogP contribution in [0.1, 0.15) is 47.9 Å². The molecule has 0 bridgehead atoms. The molecular weight excluding hydrogens is 393 g/mol. The van der Waals surface area contributed by atoms with Crippen molar-refractivity contribution in [2.45, 2.75) is 37.6 Å². The molecule has 0 radical (unpaired) electrons. The van der Waals surface area contributed by atoms with E-state index in [4.69, 9.17) is 0 Å². The molecule has 2 aliphatic rings. The predicted octanol–water partition coefficient (Wildman–Crippen LogP) is 5.15. The minimum Gasteiger partial charge on any atom is -0.465 e. The lowest BCUT2D eigenvalue weighted by Crippen LogP contribution is -2.41. The number of fused-ring (bicyclic) bond motifs is 2. The van der Waals surface area contributed by atoms with Crippen LogP contribution in [0.4, 0.5) is 9.18 Å². The largest absolute Gasteiger partial charge is 0.465 e. The van der Waals surface area contributed by atoms with Crippen LogP contribution in [-0.2, 0) is 6.42 Å². The summed E-state index contributed by atoms with van der Waals surface area (Å²) in [5, 5.41) is 10.7. The van der Waals surface area contributed by atoms with E-state index in [2.05, 4.69) is 22.0 Å². The molecule has 3 heterocycles. The molecule has 1 fully saturated rings. The second-order valence-electron chi connectivity index (χ2n) is 8.78. The van der Waals surface area contributed by atoms with Crippen molar-refractivity contribution in [2.75, 3.05) is 26.2 Å². The van der Waals surface area contributed by atoms with Crippen LogP contribution < -0.4 is 0 Å². The van der Waals surface area contributed by atoms with Crippen molar-refractivity contribution >= 4 is 17.0 Å². The van der Waals surface area contributed by atoms with Crippen LogP contribution in [0.3, 0.4) is 0 Å². The van der Waals surface area contributed by atoms with E-state index in [9.17, 15) is 14.3 Å². The molecule has 0 spiro atoms. The summed E-state index contributed by atoms with van der Waals surface area (Å²) in [5.41, 5.74) is 4.64. The third-order valence-electron chi connectivity index (χ3n) is 7.08. The highest BCUT2D eigenvalue weighted by Crippen LogP contribution is 2.35. The van der Waals surface area contributed by atoms with Crippen LogP contribution in [0.15, 0.2) is 48.7 Å². The highest BCUT2D eigenvalue weighted by molar-refractivity contribution is 5.83. The molecule has 0 saturated carbocycles. The minimum absolute atomic E-state index is 0.0724. The second kappa shape index (κ2) is 8.35. The standard InChI is InChI=1S/C25H28FN3O2/c26-19-5-6-23-21(15-19)22(16-27-23)18-7-11-28(12-8-18)13-10-24-20-4-2-1-3-17(20)9-14-29(24)25(30)31/h1-6,15-16,18,24,27H,7-14H2,(H,30,31). The van der Waals surface area contributed by atoms with Gasteiger partial charge in [-0.15, -0.1) is 0 Å². The molecule has 1 atom stereocenters. The van der Waals surface area contributed by atoms with Crippen molar-refractivity contribution in [3.8, 4) is 0 Å². The smallest absolute Gasteiger partial charge is 0.407 e. The van der Waals surface area contributed by atoms with Gasteiger partial charge in [0.15, 0.2) is 0 Å². The zero-order valence-electron chi connectivity index (χ0n) is 17.6. The Kier molecular flexibility index (Phi) is 5.40. The molecule has 5 rings (SSSR count). The van der Waals surface area contributed by atoms with Crippen molar-refractivity contribution in [3.63, 3.8) is 0 Å². The average Bonchev–Trinajstić information content (AvgIpc) is 3.20. The first kappa shape index (κ1) is 20.1. The number of carbonyl (C=O) groups is 1. The fraction of sp³-hybridized carbons (Fsp3) is 0.400. The lowest BCUT2D eigenvalue weighted by Gasteiger charge is -2.38. The number of amides is 1. The summed E-state index contributed by atoms with van der Waals surface area (Å²) in [6.45, 7) is 3.41. The Bertz CT molecular complexity index is 1090. The molecule has 1 aromatic heterocycles. The SMILES string of the molecule is O=C(O)N1CCc2ccccc2C1CCN1CCC(c2c[nH]c3ccc(F)cc23)CC1. The van der Waals surface area contributed by atoms with Gasteiger partial charge in [-0.1, -0.05) is 24.3 Å². The molecule has 162 valence electrons. The number of piperidine rings is 1. The van der Waals surface area contributed by atoms with E-state index in [0.29, 0.717) is 12.5 Å². The highest BCUT2D eigenvalue weighted by atomic mass is 19.1. The molecule has 0 aliphatic carbocycles. The quantitative estimate of drug-likeness (QED) is 0.612. The summed E-state index contributed by atoms with van der Waals surface area (Å²) in [4.78, 5) is 19.1. The number of aromatic amines is 1. The van der Waals surface area contributed by atoms with E-state index < -0.39 is 6.09 Å². The van der Waals surface area contributed by atoms with Crippen LogP contribution in [0.5, 0.6) is 0 Å². The van der Waals surface area contributed by atoms with Crippen molar-refractivity contribution in [2.24, 2.45) is 0 Å². The van der Waals surface area contributed by atoms with Crippen molar-refractivity contribution < 1.29 is 14.3 Å². The summed E-state index contributed by atoms with van der Waals surface area (Å²) < 4.78 is 13.7. The highest BCUT2D eigenvalue weighted by Gasteiger charge is 2.31. The van der Waals surface area contributed by atoms with Crippen LogP contribution in [0.2, 0.25) is 0 Å². The van der Waals surface area contributed by atoms with Gasteiger partial charge in [0.2, 0.25) is 0 Å². The summed E-state index contributed by atoms with van der Waals surface area (Å²) in [6.07, 6.45) is 4.88. The number of nitrogens with one attached hydrogen (secondary N) is 1. The maximum absolute atomic E-state index is 13.7. The lowest BCUT2D eigenvalue weighted by molar-refractivity contribution is 0.108. The first-order valence-electron chi connectivity index (χ1n) is 11.2. The molecule has 1 saturated heterocycles. The third kappa shape index (κ3) is 3.92. The number of halogens is 1. The van der Waals surface area contributed by atoms with Gasteiger partial charge >= 0.3 is 6.09 Å². The average molecular weight is 422 g/mol. The van der Waals surface area contributed by atoms with Gasteiger partial charge in [0.1, 0.15) is 5.82 Å². The van der Waals surface area contributed by atoms with Crippen LogP contribution in [0.25, 0.3) is 10.9 Å². The second-order valence-corrected chi connectivity index (χ2v) is 8.78. The molecule has 5 nitrogen and oxygen atoms in total. The first-order valence-corrected chi connectivity index (χ1v) is 11.2. The van der Waals surface area contributed by atoms with Gasteiger partial charge in [-0.25, -0.2) is 9.18 Å². The third-order valence-corrected chi connectivity index (χ3v) is 7.08. The Balaban J connectivity index is 1.23.